The van der Waals surface area contributed by atoms with Crippen molar-refractivity contribution >= 4 is 0 Å². The summed E-state index contributed by atoms with van der Waals surface area (Å²) in [5.74, 6) is 2.35. The van der Waals surface area contributed by atoms with Crippen LogP contribution in [0.3, 0.4) is 0 Å². The van der Waals surface area contributed by atoms with Crippen molar-refractivity contribution in [3.63, 3.8) is 0 Å². The molecule has 0 aromatic rings. The molecule has 2 heteroatoms. The molecule has 4 saturated carbocycles. The van der Waals surface area contributed by atoms with Crippen molar-refractivity contribution in [2.24, 2.45) is 34.5 Å². The molecule has 0 bridgehead atoms. The van der Waals surface area contributed by atoms with Crippen molar-refractivity contribution in [3.8, 4) is 0 Å². The number of rotatable bonds is 0. The Kier molecular flexibility index (Phi) is 3.74. The molecule has 2 N–H and O–H groups in total. The zero-order valence-corrected chi connectivity index (χ0v) is 15.1. The molecular weight excluding hydrogens is 284 g/mol. The summed E-state index contributed by atoms with van der Waals surface area (Å²) in [7, 11) is 0. The van der Waals surface area contributed by atoms with E-state index in [1.165, 1.54) is 25.7 Å². The monoisotopic (exact) mass is 318 g/mol. The highest BCUT2D eigenvalue weighted by atomic mass is 16.3. The molecule has 0 heterocycles. The lowest BCUT2D eigenvalue weighted by molar-refractivity contribution is -0.164. The Balaban J connectivity index is 1.68. The molecule has 0 aliphatic heterocycles. The van der Waals surface area contributed by atoms with Gasteiger partial charge in [-0.25, -0.2) is 0 Å². The van der Waals surface area contributed by atoms with E-state index in [2.05, 4.69) is 26.8 Å². The normalized spacial score (nSPS) is 57.7. The largest absolute Gasteiger partial charge is 0.393 e. The fourth-order valence-corrected chi connectivity index (χ4v) is 7.52. The van der Waals surface area contributed by atoms with Crippen molar-refractivity contribution in [2.75, 3.05) is 0 Å². The standard InChI is InChI=1S/C21H34O2/c1-4-13-5-6-16-19-17(8-10-20(13,16)2)21(3)9-7-15(22)11-14(21)12-18(19)23/h4,14-19,22-23H,5-12H2,1-3H3/b13-4-/t14?,15-,16?,17?,18+,19?,20-,21+/m1/s1. The van der Waals surface area contributed by atoms with Crippen LogP contribution in [0.1, 0.15) is 72.1 Å². The quantitative estimate of drug-likeness (QED) is 0.654. The van der Waals surface area contributed by atoms with Gasteiger partial charge in [0.05, 0.1) is 12.2 Å². The summed E-state index contributed by atoms with van der Waals surface area (Å²) in [5, 5.41) is 21.2. The number of aliphatic hydroxyl groups is 2. The molecule has 0 aromatic carbocycles. The minimum Gasteiger partial charge on any atom is -0.393 e. The van der Waals surface area contributed by atoms with Crippen LogP contribution in [-0.2, 0) is 0 Å². The van der Waals surface area contributed by atoms with Gasteiger partial charge < -0.3 is 10.2 Å². The van der Waals surface area contributed by atoms with Crippen LogP contribution in [0.25, 0.3) is 0 Å². The molecule has 23 heavy (non-hydrogen) atoms. The van der Waals surface area contributed by atoms with E-state index in [-0.39, 0.29) is 12.2 Å². The van der Waals surface area contributed by atoms with Crippen molar-refractivity contribution in [2.45, 2.75) is 84.3 Å². The minimum absolute atomic E-state index is 0.133. The van der Waals surface area contributed by atoms with Gasteiger partial charge >= 0.3 is 0 Å². The SMILES string of the molecule is C/C=C1/CCC2C3C(CC[C@]12C)[C@@]1(C)CC[C@@H](O)CC1C[C@@H]3O. The van der Waals surface area contributed by atoms with Crippen LogP contribution in [0.4, 0.5) is 0 Å². The Hall–Kier alpha value is -0.340. The van der Waals surface area contributed by atoms with Crippen LogP contribution in [0, 0.1) is 34.5 Å². The molecule has 4 aliphatic carbocycles. The number of hydrogen-bond donors (Lipinski definition) is 2. The van der Waals surface area contributed by atoms with Crippen molar-refractivity contribution in [1.29, 1.82) is 0 Å². The van der Waals surface area contributed by atoms with Gasteiger partial charge in [0.15, 0.2) is 0 Å². The van der Waals surface area contributed by atoms with Crippen molar-refractivity contribution < 1.29 is 10.2 Å². The van der Waals surface area contributed by atoms with Crippen LogP contribution < -0.4 is 0 Å². The van der Waals surface area contributed by atoms with E-state index >= 15 is 0 Å². The first-order valence-electron chi connectivity index (χ1n) is 9.92. The van der Waals surface area contributed by atoms with Crippen LogP contribution in [-0.4, -0.2) is 22.4 Å². The second kappa shape index (κ2) is 5.33. The van der Waals surface area contributed by atoms with E-state index in [0.717, 1.165) is 25.7 Å². The summed E-state index contributed by atoms with van der Waals surface area (Å²) in [6.45, 7) is 7.16. The van der Waals surface area contributed by atoms with Gasteiger partial charge in [-0.15, -0.1) is 0 Å². The Bertz CT molecular complexity index is 512. The van der Waals surface area contributed by atoms with Crippen LogP contribution in [0.2, 0.25) is 0 Å². The predicted molar refractivity (Wildman–Crippen MR) is 92.9 cm³/mol. The lowest BCUT2D eigenvalue weighted by Crippen LogP contribution is -2.58. The van der Waals surface area contributed by atoms with E-state index < -0.39 is 0 Å². The smallest absolute Gasteiger partial charge is 0.0577 e. The third-order valence-corrected chi connectivity index (χ3v) is 8.85. The third kappa shape index (κ3) is 2.13. The molecule has 0 saturated heterocycles. The summed E-state index contributed by atoms with van der Waals surface area (Å²) in [5.41, 5.74) is 2.34. The Morgan fingerprint density at radius 3 is 2.52 bits per heavy atom. The van der Waals surface area contributed by atoms with Gasteiger partial charge in [0.1, 0.15) is 0 Å². The Morgan fingerprint density at radius 1 is 1.00 bits per heavy atom. The maximum Gasteiger partial charge on any atom is 0.0577 e. The predicted octanol–water partition coefficient (Wildman–Crippen LogP) is 4.31. The molecule has 0 aromatic heterocycles. The topological polar surface area (TPSA) is 40.5 Å². The maximum absolute atomic E-state index is 11.1. The summed E-state index contributed by atoms with van der Waals surface area (Å²) in [4.78, 5) is 0. The summed E-state index contributed by atoms with van der Waals surface area (Å²) >= 11 is 0. The summed E-state index contributed by atoms with van der Waals surface area (Å²) in [6.07, 6.45) is 11.1. The molecular formula is C21H34O2. The number of fused-ring (bicyclic) bond motifs is 5. The molecule has 8 atom stereocenters. The highest BCUT2D eigenvalue weighted by molar-refractivity contribution is 5.24. The molecule has 4 unspecified atom stereocenters. The second-order valence-corrected chi connectivity index (χ2v) is 9.53. The Morgan fingerprint density at radius 2 is 1.78 bits per heavy atom. The second-order valence-electron chi connectivity index (χ2n) is 9.53. The number of allylic oxidation sites excluding steroid dienone is 2. The molecule has 0 radical (unpaired) electrons. The molecule has 4 aliphatic rings. The highest BCUT2D eigenvalue weighted by Gasteiger charge is 2.61. The van der Waals surface area contributed by atoms with Gasteiger partial charge in [-0.2, -0.15) is 0 Å². The fourth-order valence-electron chi connectivity index (χ4n) is 7.52. The summed E-state index contributed by atoms with van der Waals surface area (Å²) in [6, 6.07) is 0. The molecule has 130 valence electrons. The van der Waals surface area contributed by atoms with Crippen LogP contribution in [0.5, 0.6) is 0 Å². The minimum atomic E-state index is -0.149. The summed E-state index contributed by atoms with van der Waals surface area (Å²) < 4.78 is 0. The molecule has 0 amide bonds. The average Bonchev–Trinajstić information content (AvgIpc) is 2.85. The van der Waals surface area contributed by atoms with Gasteiger partial charge in [0, 0.05) is 0 Å². The molecule has 0 spiro atoms. The maximum atomic E-state index is 11.1. The van der Waals surface area contributed by atoms with Crippen molar-refractivity contribution in [3.05, 3.63) is 11.6 Å². The lowest BCUT2D eigenvalue weighted by Gasteiger charge is -2.61. The first kappa shape index (κ1) is 16.1. The van der Waals surface area contributed by atoms with Gasteiger partial charge in [-0.05, 0) is 92.8 Å². The highest BCUT2D eigenvalue weighted by Crippen LogP contribution is 2.67. The van der Waals surface area contributed by atoms with E-state index in [4.69, 9.17) is 0 Å². The average molecular weight is 319 g/mol. The van der Waals surface area contributed by atoms with E-state index in [9.17, 15) is 10.2 Å². The van der Waals surface area contributed by atoms with E-state index in [0.29, 0.717) is 34.5 Å². The first-order chi connectivity index (χ1) is 10.9. The first-order valence-corrected chi connectivity index (χ1v) is 9.92. The third-order valence-electron chi connectivity index (χ3n) is 8.85. The van der Waals surface area contributed by atoms with Gasteiger partial charge in [0.2, 0.25) is 0 Å². The number of aliphatic hydroxyl groups excluding tert-OH is 2. The van der Waals surface area contributed by atoms with E-state index in [1.54, 1.807) is 5.57 Å². The number of hydrogen-bond acceptors (Lipinski definition) is 2. The fraction of sp³-hybridized carbons (Fsp3) is 0.905. The van der Waals surface area contributed by atoms with Gasteiger partial charge in [0.25, 0.3) is 0 Å². The molecule has 4 fully saturated rings. The van der Waals surface area contributed by atoms with Crippen LogP contribution in [0.15, 0.2) is 11.6 Å². The van der Waals surface area contributed by atoms with Gasteiger partial charge in [-0.3, -0.25) is 0 Å². The zero-order chi connectivity index (χ0) is 16.4. The lowest BCUT2D eigenvalue weighted by atomic mass is 9.44. The van der Waals surface area contributed by atoms with Crippen molar-refractivity contribution in [1.82, 2.24) is 0 Å². The zero-order valence-electron chi connectivity index (χ0n) is 15.1. The molecule has 4 rings (SSSR count). The Labute approximate surface area is 141 Å². The van der Waals surface area contributed by atoms with Gasteiger partial charge in [-0.1, -0.05) is 25.5 Å². The van der Waals surface area contributed by atoms with Crippen LogP contribution >= 0.6 is 0 Å². The molecule has 2 nitrogen and oxygen atoms in total. The van der Waals surface area contributed by atoms with E-state index in [1.807, 2.05) is 0 Å².